The third kappa shape index (κ3) is 5.70. The SMILES string of the molecule is CCCN(CCC)C(=O)CN(c1ccc(C)c(Cl)c1)S(C)(=O)=O. The maximum atomic E-state index is 12.5. The van der Waals surface area contributed by atoms with Crippen LogP contribution in [0.3, 0.4) is 0 Å². The first kappa shape index (κ1) is 19.8. The molecule has 1 aromatic carbocycles. The van der Waals surface area contributed by atoms with Gasteiger partial charge in [-0.15, -0.1) is 0 Å². The van der Waals surface area contributed by atoms with Gasteiger partial charge in [0.1, 0.15) is 6.54 Å². The molecular weight excluding hydrogens is 336 g/mol. The van der Waals surface area contributed by atoms with Crippen LogP contribution >= 0.6 is 11.6 Å². The zero-order chi connectivity index (χ0) is 17.6. The first-order valence-electron chi connectivity index (χ1n) is 7.72. The minimum absolute atomic E-state index is 0.198. The molecular formula is C16H25ClN2O3S. The summed E-state index contributed by atoms with van der Waals surface area (Å²) in [5.41, 5.74) is 1.26. The molecule has 0 N–H and O–H groups in total. The van der Waals surface area contributed by atoms with E-state index in [2.05, 4.69) is 0 Å². The quantitative estimate of drug-likeness (QED) is 0.715. The molecule has 0 radical (unpaired) electrons. The summed E-state index contributed by atoms with van der Waals surface area (Å²) in [6.45, 7) is 6.86. The third-order valence-electron chi connectivity index (χ3n) is 3.46. The Bertz CT molecular complexity index is 641. The Morgan fingerprint density at radius 2 is 1.74 bits per heavy atom. The summed E-state index contributed by atoms with van der Waals surface area (Å²) in [6.07, 6.45) is 2.76. The lowest BCUT2D eigenvalue weighted by atomic mass is 10.2. The van der Waals surface area contributed by atoms with Crippen LogP contribution in [0, 0.1) is 6.92 Å². The van der Waals surface area contributed by atoms with E-state index in [1.807, 2.05) is 20.8 Å². The standard InChI is InChI=1S/C16H25ClN2O3S/c1-5-9-18(10-6-2)16(20)12-19(23(4,21)22)14-8-7-13(3)15(17)11-14/h7-8,11H,5-6,9-10,12H2,1-4H3. The van der Waals surface area contributed by atoms with Gasteiger partial charge in [0, 0.05) is 18.1 Å². The first-order chi connectivity index (χ1) is 10.7. The zero-order valence-electron chi connectivity index (χ0n) is 14.2. The molecule has 0 saturated carbocycles. The van der Waals surface area contributed by atoms with Gasteiger partial charge in [0.15, 0.2) is 0 Å². The Hall–Kier alpha value is -1.27. The number of rotatable bonds is 8. The number of sulfonamides is 1. The van der Waals surface area contributed by atoms with Gasteiger partial charge in [-0.05, 0) is 37.5 Å². The molecule has 0 atom stereocenters. The van der Waals surface area contributed by atoms with Crippen LogP contribution in [0.5, 0.6) is 0 Å². The Balaban J connectivity index is 3.08. The number of carbonyl (C=O) groups is 1. The predicted molar refractivity (Wildman–Crippen MR) is 95.5 cm³/mol. The molecule has 0 aromatic heterocycles. The van der Waals surface area contributed by atoms with Crippen molar-refractivity contribution >= 4 is 33.2 Å². The van der Waals surface area contributed by atoms with E-state index in [0.717, 1.165) is 29.0 Å². The van der Waals surface area contributed by atoms with Crippen molar-refractivity contribution in [2.24, 2.45) is 0 Å². The molecule has 130 valence electrons. The fourth-order valence-electron chi connectivity index (χ4n) is 2.26. The molecule has 0 unspecified atom stereocenters. The summed E-state index contributed by atoms with van der Waals surface area (Å²) in [6, 6.07) is 4.99. The average molecular weight is 361 g/mol. The van der Waals surface area contributed by atoms with Gasteiger partial charge < -0.3 is 4.90 Å². The molecule has 0 aliphatic carbocycles. The highest BCUT2D eigenvalue weighted by Crippen LogP contribution is 2.25. The van der Waals surface area contributed by atoms with Crippen molar-refractivity contribution in [3.63, 3.8) is 0 Å². The van der Waals surface area contributed by atoms with Crippen LogP contribution in [0.2, 0.25) is 5.02 Å². The normalized spacial score (nSPS) is 11.3. The molecule has 7 heteroatoms. The van der Waals surface area contributed by atoms with Crippen molar-refractivity contribution in [1.82, 2.24) is 4.90 Å². The Kier molecular flexibility index (Phi) is 7.35. The van der Waals surface area contributed by atoms with Crippen LogP contribution in [0.4, 0.5) is 5.69 Å². The third-order valence-corrected chi connectivity index (χ3v) is 5.01. The van der Waals surface area contributed by atoms with Crippen LogP contribution in [-0.4, -0.2) is 45.1 Å². The van der Waals surface area contributed by atoms with Crippen LogP contribution in [0.1, 0.15) is 32.3 Å². The number of hydrogen-bond acceptors (Lipinski definition) is 3. The van der Waals surface area contributed by atoms with Gasteiger partial charge in [-0.1, -0.05) is 31.5 Å². The largest absolute Gasteiger partial charge is 0.341 e. The summed E-state index contributed by atoms with van der Waals surface area (Å²) in [5, 5.41) is 0.475. The number of anilines is 1. The fourth-order valence-corrected chi connectivity index (χ4v) is 3.28. The highest BCUT2D eigenvalue weighted by molar-refractivity contribution is 7.92. The smallest absolute Gasteiger partial charge is 0.243 e. The van der Waals surface area contributed by atoms with Crippen molar-refractivity contribution in [3.05, 3.63) is 28.8 Å². The van der Waals surface area contributed by atoms with Crippen molar-refractivity contribution in [1.29, 1.82) is 0 Å². The second-order valence-corrected chi connectivity index (χ2v) is 7.90. The lowest BCUT2D eigenvalue weighted by Crippen LogP contribution is -2.43. The van der Waals surface area contributed by atoms with E-state index in [4.69, 9.17) is 11.6 Å². The van der Waals surface area contributed by atoms with Gasteiger partial charge in [0.2, 0.25) is 15.9 Å². The first-order valence-corrected chi connectivity index (χ1v) is 9.95. The second-order valence-electron chi connectivity index (χ2n) is 5.58. The van der Waals surface area contributed by atoms with Gasteiger partial charge >= 0.3 is 0 Å². The Labute approximate surface area is 144 Å². The number of nitrogens with zero attached hydrogens (tertiary/aromatic N) is 2. The van der Waals surface area contributed by atoms with E-state index in [1.54, 1.807) is 23.1 Å². The van der Waals surface area contributed by atoms with Gasteiger partial charge in [-0.2, -0.15) is 0 Å². The van der Waals surface area contributed by atoms with Crippen LogP contribution in [0.25, 0.3) is 0 Å². The molecule has 1 rings (SSSR count). The molecule has 0 fully saturated rings. The second kappa shape index (κ2) is 8.55. The van der Waals surface area contributed by atoms with E-state index in [1.165, 1.54) is 0 Å². The topological polar surface area (TPSA) is 57.7 Å². The summed E-state index contributed by atoms with van der Waals surface area (Å²) >= 11 is 6.09. The highest BCUT2D eigenvalue weighted by Gasteiger charge is 2.24. The lowest BCUT2D eigenvalue weighted by Gasteiger charge is -2.27. The van der Waals surface area contributed by atoms with Crippen molar-refractivity contribution in [3.8, 4) is 0 Å². The van der Waals surface area contributed by atoms with E-state index >= 15 is 0 Å². The van der Waals surface area contributed by atoms with E-state index in [9.17, 15) is 13.2 Å². The molecule has 0 saturated heterocycles. The van der Waals surface area contributed by atoms with E-state index in [0.29, 0.717) is 23.8 Å². The lowest BCUT2D eigenvalue weighted by molar-refractivity contribution is -0.129. The Morgan fingerprint density at radius 3 is 2.17 bits per heavy atom. The summed E-state index contributed by atoms with van der Waals surface area (Å²) in [4.78, 5) is 14.2. The van der Waals surface area contributed by atoms with Gasteiger partial charge in [-0.25, -0.2) is 8.42 Å². The van der Waals surface area contributed by atoms with Gasteiger partial charge in [-0.3, -0.25) is 9.10 Å². The van der Waals surface area contributed by atoms with E-state index < -0.39 is 10.0 Å². The Morgan fingerprint density at radius 1 is 1.17 bits per heavy atom. The van der Waals surface area contributed by atoms with Crippen molar-refractivity contribution < 1.29 is 13.2 Å². The predicted octanol–water partition coefficient (Wildman–Crippen LogP) is 3.06. The molecule has 0 bridgehead atoms. The maximum absolute atomic E-state index is 12.5. The molecule has 23 heavy (non-hydrogen) atoms. The summed E-state index contributed by atoms with van der Waals surface area (Å²) < 4.78 is 25.3. The van der Waals surface area contributed by atoms with Crippen molar-refractivity contribution in [2.75, 3.05) is 30.2 Å². The minimum atomic E-state index is -3.58. The number of aryl methyl sites for hydroxylation is 1. The van der Waals surface area contributed by atoms with Crippen LogP contribution in [0.15, 0.2) is 18.2 Å². The number of halogens is 1. The average Bonchev–Trinajstić information content (AvgIpc) is 2.46. The number of hydrogen-bond donors (Lipinski definition) is 0. The number of amides is 1. The molecule has 1 aromatic rings. The summed E-state index contributed by atoms with van der Waals surface area (Å²) in [7, 11) is -3.58. The highest BCUT2D eigenvalue weighted by atomic mass is 35.5. The number of carbonyl (C=O) groups excluding carboxylic acids is 1. The molecule has 0 aliphatic rings. The minimum Gasteiger partial charge on any atom is -0.341 e. The van der Waals surface area contributed by atoms with Gasteiger partial charge in [0.25, 0.3) is 0 Å². The fraction of sp³-hybridized carbons (Fsp3) is 0.562. The maximum Gasteiger partial charge on any atom is 0.243 e. The van der Waals surface area contributed by atoms with Crippen LogP contribution in [-0.2, 0) is 14.8 Å². The zero-order valence-corrected chi connectivity index (χ0v) is 15.7. The van der Waals surface area contributed by atoms with Crippen molar-refractivity contribution in [2.45, 2.75) is 33.6 Å². The van der Waals surface area contributed by atoms with E-state index in [-0.39, 0.29) is 12.5 Å². The summed E-state index contributed by atoms with van der Waals surface area (Å²) in [5.74, 6) is -0.198. The molecule has 5 nitrogen and oxygen atoms in total. The van der Waals surface area contributed by atoms with Gasteiger partial charge in [0.05, 0.1) is 11.9 Å². The number of benzene rings is 1. The molecule has 0 aliphatic heterocycles. The monoisotopic (exact) mass is 360 g/mol. The van der Waals surface area contributed by atoms with Crippen LogP contribution < -0.4 is 4.31 Å². The molecule has 0 spiro atoms. The molecule has 0 heterocycles. The molecule has 1 amide bonds.